The summed E-state index contributed by atoms with van der Waals surface area (Å²) in [6, 6.07) is 18.8. The van der Waals surface area contributed by atoms with Gasteiger partial charge >= 0.3 is 0 Å². The third kappa shape index (κ3) is 4.54. The zero-order valence-corrected chi connectivity index (χ0v) is 17.7. The lowest BCUT2D eigenvalue weighted by Crippen LogP contribution is -2.36. The first-order valence-corrected chi connectivity index (χ1v) is 10.6. The average molecular weight is 428 g/mol. The maximum Gasteiger partial charge on any atom is 0.250 e. The molecular weight excluding hydrogens is 402 g/mol. The predicted molar refractivity (Wildman–Crippen MR) is 123 cm³/mol. The number of rotatable bonds is 6. The first-order valence-electron chi connectivity index (χ1n) is 10.6. The number of benzene rings is 2. The van der Waals surface area contributed by atoms with E-state index in [1.54, 1.807) is 18.3 Å². The maximum absolute atomic E-state index is 12.0. The first-order chi connectivity index (χ1) is 15.6. The van der Waals surface area contributed by atoms with E-state index in [9.17, 15) is 9.59 Å². The number of carbonyl (C=O) groups excluding carboxylic acids is 2. The van der Waals surface area contributed by atoms with Gasteiger partial charge in [0, 0.05) is 24.8 Å². The van der Waals surface area contributed by atoms with Gasteiger partial charge in [0.1, 0.15) is 11.5 Å². The van der Waals surface area contributed by atoms with Crippen LogP contribution in [0.15, 0.2) is 79.5 Å². The van der Waals surface area contributed by atoms with Crippen LogP contribution in [-0.2, 0) is 4.79 Å². The summed E-state index contributed by atoms with van der Waals surface area (Å²) in [5.41, 5.74) is 8.45. The summed E-state index contributed by atoms with van der Waals surface area (Å²) in [6.07, 6.45) is 4.60. The third-order valence-electron chi connectivity index (χ3n) is 5.75. The molecule has 32 heavy (non-hydrogen) atoms. The monoisotopic (exact) mass is 427 g/mol. The van der Waals surface area contributed by atoms with Crippen LogP contribution in [0.2, 0.25) is 0 Å². The van der Waals surface area contributed by atoms with E-state index >= 15 is 0 Å². The molecule has 0 atom stereocenters. The molecule has 1 fully saturated rings. The van der Waals surface area contributed by atoms with Crippen molar-refractivity contribution >= 4 is 11.8 Å². The number of aromatic nitrogens is 1. The largest absolute Gasteiger partial charge is 0.457 e. The fourth-order valence-corrected chi connectivity index (χ4v) is 4.14. The Labute approximate surface area is 187 Å². The number of piperidine rings is 1. The molecule has 0 radical (unpaired) electrons. The molecule has 2 heterocycles. The number of hydrogen-bond donors (Lipinski definition) is 1. The van der Waals surface area contributed by atoms with Crippen molar-refractivity contribution in [3.8, 4) is 22.8 Å². The second-order valence-electron chi connectivity index (χ2n) is 7.73. The molecule has 2 aromatic carbocycles. The van der Waals surface area contributed by atoms with Gasteiger partial charge in [-0.25, -0.2) is 0 Å². The molecule has 0 spiro atoms. The van der Waals surface area contributed by atoms with E-state index in [-0.39, 0.29) is 11.8 Å². The SMILES string of the molecule is C=CC(=O)N1CCC(c2cc(Oc3ccccc3)ccc2-c2ncccc2C(N)=O)CC1. The molecule has 1 aromatic heterocycles. The van der Waals surface area contributed by atoms with E-state index in [0.29, 0.717) is 30.1 Å². The Hall–Kier alpha value is -3.93. The number of likely N-dealkylation sites (tertiary alicyclic amines) is 1. The number of nitrogens with zero attached hydrogens (tertiary/aromatic N) is 2. The second-order valence-corrected chi connectivity index (χ2v) is 7.73. The van der Waals surface area contributed by atoms with E-state index in [4.69, 9.17) is 10.5 Å². The van der Waals surface area contributed by atoms with Gasteiger partial charge in [-0.05, 0) is 72.9 Å². The van der Waals surface area contributed by atoms with Gasteiger partial charge in [-0.2, -0.15) is 0 Å². The van der Waals surface area contributed by atoms with Gasteiger partial charge in [-0.15, -0.1) is 0 Å². The standard InChI is InChI=1S/C26H25N3O3/c1-2-24(30)29-15-12-18(13-16-29)23-17-20(32-19-7-4-3-5-8-19)10-11-21(23)25-22(26(27)31)9-6-14-28-25/h2-11,14,17-18H,1,12-13,15-16H2,(H2,27,31). The Kier molecular flexibility index (Phi) is 6.31. The van der Waals surface area contributed by atoms with E-state index in [0.717, 1.165) is 29.7 Å². The summed E-state index contributed by atoms with van der Waals surface area (Å²) in [6.45, 7) is 4.87. The number of para-hydroxylation sites is 1. The van der Waals surface area contributed by atoms with Crippen molar-refractivity contribution < 1.29 is 14.3 Å². The van der Waals surface area contributed by atoms with Crippen LogP contribution in [0.1, 0.15) is 34.7 Å². The average Bonchev–Trinajstić information content (AvgIpc) is 2.84. The highest BCUT2D eigenvalue weighted by atomic mass is 16.5. The van der Waals surface area contributed by atoms with Gasteiger partial charge in [0.2, 0.25) is 5.91 Å². The van der Waals surface area contributed by atoms with Gasteiger partial charge < -0.3 is 15.4 Å². The molecule has 1 aliphatic rings. The van der Waals surface area contributed by atoms with Crippen LogP contribution >= 0.6 is 0 Å². The van der Waals surface area contributed by atoms with Crippen molar-refractivity contribution in [1.82, 2.24) is 9.88 Å². The van der Waals surface area contributed by atoms with Crippen LogP contribution in [-0.4, -0.2) is 34.8 Å². The highest BCUT2D eigenvalue weighted by Gasteiger charge is 2.26. The van der Waals surface area contributed by atoms with Crippen LogP contribution in [0.4, 0.5) is 0 Å². The molecular formula is C26H25N3O3. The number of hydrogen-bond acceptors (Lipinski definition) is 4. The molecule has 162 valence electrons. The molecule has 6 nitrogen and oxygen atoms in total. The van der Waals surface area contributed by atoms with Crippen LogP contribution in [0.3, 0.4) is 0 Å². The van der Waals surface area contributed by atoms with Crippen molar-refractivity contribution in [2.24, 2.45) is 5.73 Å². The lowest BCUT2D eigenvalue weighted by molar-refractivity contribution is -0.127. The Morgan fingerprint density at radius 3 is 2.47 bits per heavy atom. The van der Waals surface area contributed by atoms with E-state index in [1.165, 1.54) is 6.08 Å². The quantitative estimate of drug-likeness (QED) is 0.586. The fourth-order valence-electron chi connectivity index (χ4n) is 4.14. The van der Waals surface area contributed by atoms with E-state index in [1.807, 2.05) is 53.4 Å². The zero-order valence-electron chi connectivity index (χ0n) is 17.7. The molecule has 6 heteroatoms. The molecule has 2 N–H and O–H groups in total. The number of pyridine rings is 1. The number of primary amides is 1. The molecule has 0 aliphatic carbocycles. The topological polar surface area (TPSA) is 85.5 Å². The van der Waals surface area contributed by atoms with Crippen LogP contribution in [0.25, 0.3) is 11.3 Å². The van der Waals surface area contributed by atoms with Crippen molar-refractivity contribution in [3.05, 3.63) is 90.6 Å². The summed E-state index contributed by atoms with van der Waals surface area (Å²) < 4.78 is 6.07. The molecule has 4 rings (SSSR count). The van der Waals surface area contributed by atoms with E-state index < -0.39 is 5.91 Å². The molecule has 0 unspecified atom stereocenters. The van der Waals surface area contributed by atoms with E-state index in [2.05, 4.69) is 11.6 Å². The molecule has 1 saturated heterocycles. The predicted octanol–water partition coefficient (Wildman–Crippen LogP) is 4.53. The summed E-state index contributed by atoms with van der Waals surface area (Å²) in [4.78, 5) is 30.3. The van der Waals surface area contributed by atoms with Crippen LogP contribution in [0, 0.1) is 0 Å². The lowest BCUT2D eigenvalue weighted by atomic mass is 9.84. The third-order valence-corrected chi connectivity index (χ3v) is 5.75. The smallest absolute Gasteiger partial charge is 0.250 e. The van der Waals surface area contributed by atoms with Gasteiger partial charge in [-0.3, -0.25) is 14.6 Å². The molecule has 3 aromatic rings. The van der Waals surface area contributed by atoms with Crippen molar-refractivity contribution in [1.29, 1.82) is 0 Å². The second kappa shape index (κ2) is 9.47. The fraction of sp³-hybridized carbons (Fsp3) is 0.192. The normalized spacial score (nSPS) is 14.1. The van der Waals surface area contributed by atoms with Crippen molar-refractivity contribution in [2.45, 2.75) is 18.8 Å². The van der Waals surface area contributed by atoms with Crippen molar-refractivity contribution in [3.63, 3.8) is 0 Å². The van der Waals surface area contributed by atoms with Crippen LogP contribution in [0.5, 0.6) is 11.5 Å². The number of nitrogens with two attached hydrogens (primary N) is 1. The molecule has 0 saturated carbocycles. The van der Waals surface area contributed by atoms with Gasteiger partial charge in [0.05, 0.1) is 11.3 Å². The molecule has 2 amide bonds. The summed E-state index contributed by atoms with van der Waals surface area (Å²) in [5.74, 6) is 1.06. The first kappa shape index (κ1) is 21.3. The minimum atomic E-state index is -0.518. The molecule has 0 bridgehead atoms. The zero-order chi connectivity index (χ0) is 22.5. The summed E-state index contributed by atoms with van der Waals surface area (Å²) >= 11 is 0. The Balaban J connectivity index is 1.73. The molecule has 1 aliphatic heterocycles. The van der Waals surface area contributed by atoms with Gasteiger partial charge in [0.25, 0.3) is 5.91 Å². The van der Waals surface area contributed by atoms with Crippen LogP contribution < -0.4 is 10.5 Å². The number of carbonyl (C=O) groups is 2. The minimum Gasteiger partial charge on any atom is -0.457 e. The Bertz CT molecular complexity index is 1140. The van der Waals surface area contributed by atoms with Crippen molar-refractivity contribution in [2.75, 3.05) is 13.1 Å². The Morgan fingerprint density at radius 1 is 1.03 bits per heavy atom. The number of amides is 2. The minimum absolute atomic E-state index is 0.0504. The maximum atomic E-state index is 12.0. The number of ether oxygens (including phenoxy) is 1. The highest BCUT2D eigenvalue weighted by molar-refractivity contribution is 5.99. The highest BCUT2D eigenvalue weighted by Crippen LogP contribution is 2.38. The summed E-state index contributed by atoms with van der Waals surface area (Å²) in [5, 5.41) is 0. The van der Waals surface area contributed by atoms with Gasteiger partial charge in [-0.1, -0.05) is 24.8 Å². The van der Waals surface area contributed by atoms with Gasteiger partial charge in [0.15, 0.2) is 0 Å². The lowest BCUT2D eigenvalue weighted by Gasteiger charge is -2.32. The summed E-state index contributed by atoms with van der Waals surface area (Å²) in [7, 11) is 0. The Morgan fingerprint density at radius 2 is 1.78 bits per heavy atom.